The van der Waals surface area contributed by atoms with Gasteiger partial charge in [0.1, 0.15) is 5.82 Å². The van der Waals surface area contributed by atoms with Crippen molar-refractivity contribution in [2.24, 2.45) is 0 Å². The maximum absolute atomic E-state index is 14.6. The van der Waals surface area contributed by atoms with E-state index in [1.54, 1.807) is 6.07 Å². The summed E-state index contributed by atoms with van der Waals surface area (Å²) in [5.74, 6) is -0.213. The molecule has 0 aliphatic rings. The van der Waals surface area contributed by atoms with Crippen LogP contribution in [0.2, 0.25) is 0 Å². The lowest BCUT2D eigenvalue weighted by molar-refractivity contribution is 0.631. The number of H-pyrrole nitrogens is 1. The van der Waals surface area contributed by atoms with Gasteiger partial charge in [-0.25, -0.2) is 4.39 Å². The van der Waals surface area contributed by atoms with Gasteiger partial charge in [0.15, 0.2) is 0 Å². The summed E-state index contributed by atoms with van der Waals surface area (Å²) >= 11 is 0. The van der Waals surface area contributed by atoms with Gasteiger partial charge in [-0.1, -0.05) is 72.8 Å². The molecule has 0 unspecified atom stereocenters. The Morgan fingerprint density at radius 3 is 1.94 bits per heavy atom. The normalized spacial score (nSPS) is 11.8. The molecular formula is C30H19FN2. The zero-order valence-corrected chi connectivity index (χ0v) is 17.7. The molecule has 1 N–H and O–H groups in total. The Morgan fingerprint density at radius 2 is 1.18 bits per heavy atom. The molecule has 0 amide bonds. The molecule has 0 saturated carbocycles. The van der Waals surface area contributed by atoms with Gasteiger partial charge in [-0.15, -0.1) is 0 Å². The first-order valence-corrected chi connectivity index (χ1v) is 11.1. The Labute approximate surface area is 189 Å². The van der Waals surface area contributed by atoms with E-state index in [-0.39, 0.29) is 5.82 Å². The lowest BCUT2D eigenvalue weighted by Gasteiger charge is -2.08. The van der Waals surface area contributed by atoms with Gasteiger partial charge in [0.2, 0.25) is 0 Å². The number of aromatic nitrogens is 2. The predicted octanol–water partition coefficient (Wildman–Crippen LogP) is 8.22. The second-order valence-electron chi connectivity index (χ2n) is 8.43. The molecule has 0 spiro atoms. The summed E-state index contributed by atoms with van der Waals surface area (Å²) < 4.78 is 16.9. The molecule has 2 heterocycles. The largest absolute Gasteiger partial charge is 0.354 e. The number of hydrogen-bond donors (Lipinski definition) is 1. The van der Waals surface area contributed by atoms with Crippen LogP contribution in [0.25, 0.3) is 60.4 Å². The number of nitrogens with zero attached hydrogens (tertiary/aromatic N) is 1. The van der Waals surface area contributed by atoms with E-state index in [2.05, 4.69) is 82.3 Å². The van der Waals surface area contributed by atoms with Crippen LogP contribution in [0, 0.1) is 5.82 Å². The number of hydrogen-bond acceptors (Lipinski definition) is 0. The Kier molecular flexibility index (Phi) is 3.76. The number of halogens is 1. The molecule has 0 fully saturated rings. The fraction of sp³-hybridized carbons (Fsp3) is 0. The van der Waals surface area contributed by atoms with Crippen molar-refractivity contribution in [1.29, 1.82) is 0 Å². The highest BCUT2D eigenvalue weighted by atomic mass is 19.1. The molecule has 156 valence electrons. The molecule has 5 aromatic carbocycles. The molecule has 0 atom stereocenters. The number of para-hydroxylation sites is 3. The van der Waals surface area contributed by atoms with Crippen LogP contribution in [0.3, 0.4) is 0 Å². The first kappa shape index (κ1) is 18.2. The average molecular weight is 426 g/mol. The van der Waals surface area contributed by atoms with Crippen LogP contribution in [-0.4, -0.2) is 9.55 Å². The third-order valence-corrected chi connectivity index (χ3v) is 6.62. The summed E-state index contributed by atoms with van der Waals surface area (Å²) in [6.07, 6.45) is 0. The zero-order valence-electron chi connectivity index (χ0n) is 17.7. The van der Waals surface area contributed by atoms with Gasteiger partial charge in [0.05, 0.1) is 16.6 Å². The minimum absolute atomic E-state index is 0.213. The van der Waals surface area contributed by atoms with E-state index in [1.807, 2.05) is 24.3 Å². The standard InChI is InChI=1S/C30H19FN2/c31-26-13-4-1-8-20(26)23-11-7-12-24-25-18-19(16-17-27(25)32-30(23)24)33-28-14-5-2-9-21(28)22-10-3-6-15-29(22)33/h1-18,32H. The molecule has 7 rings (SSSR count). The van der Waals surface area contributed by atoms with Crippen molar-refractivity contribution in [3.8, 4) is 16.8 Å². The van der Waals surface area contributed by atoms with Crippen molar-refractivity contribution in [3.05, 3.63) is 115 Å². The van der Waals surface area contributed by atoms with Gasteiger partial charge >= 0.3 is 0 Å². The second-order valence-corrected chi connectivity index (χ2v) is 8.43. The van der Waals surface area contributed by atoms with Gasteiger partial charge in [-0.05, 0) is 36.4 Å². The highest BCUT2D eigenvalue weighted by molar-refractivity contribution is 6.13. The van der Waals surface area contributed by atoms with Gasteiger partial charge in [0.25, 0.3) is 0 Å². The number of benzene rings is 5. The minimum Gasteiger partial charge on any atom is -0.354 e. The van der Waals surface area contributed by atoms with Crippen molar-refractivity contribution in [2.75, 3.05) is 0 Å². The maximum Gasteiger partial charge on any atom is 0.131 e. The zero-order chi connectivity index (χ0) is 21.9. The van der Waals surface area contributed by atoms with Gasteiger partial charge in [-0.2, -0.15) is 0 Å². The van der Waals surface area contributed by atoms with E-state index >= 15 is 0 Å². The molecule has 3 heteroatoms. The highest BCUT2D eigenvalue weighted by Gasteiger charge is 2.15. The smallest absolute Gasteiger partial charge is 0.131 e. The number of rotatable bonds is 2. The lowest BCUT2D eigenvalue weighted by atomic mass is 10.0. The van der Waals surface area contributed by atoms with Gasteiger partial charge in [0, 0.05) is 43.9 Å². The third-order valence-electron chi connectivity index (χ3n) is 6.62. The Hall–Kier alpha value is -4.37. The van der Waals surface area contributed by atoms with Crippen LogP contribution >= 0.6 is 0 Å². The summed E-state index contributed by atoms with van der Waals surface area (Å²) in [7, 11) is 0. The van der Waals surface area contributed by atoms with Crippen LogP contribution in [0.15, 0.2) is 109 Å². The number of nitrogens with one attached hydrogen (secondary N) is 1. The summed E-state index contributed by atoms with van der Waals surface area (Å²) in [4.78, 5) is 3.54. The molecule has 0 aliphatic carbocycles. The molecule has 2 nitrogen and oxygen atoms in total. The molecule has 0 saturated heterocycles. The van der Waals surface area contributed by atoms with Crippen LogP contribution in [0.4, 0.5) is 4.39 Å². The molecule has 33 heavy (non-hydrogen) atoms. The first-order valence-electron chi connectivity index (χ1n) is 11.1. The molecular weight excluding hydrogens is 407 g/mol. The van der Waals surface area contributed by atoms with E-state index < -0.39 is 0 Å². The fourth-order valence-electron chi connectivity index (χ4n) is 5.15. The molecule has 7 aromatic rings. The molecule has 0 bridgehead atoms. The Balaban J connectivity index is 1.53. The highest BCUT2D eigenvalue weighted by Crippen LogP contribution is 2.37. The van der Waals surface area contributed by atoms with E-state index in [1.165, 1.54) is 27.9 Å². The fourth-order valence-corrected chi connectivity index (χ4v) is 5.15. The Morgan fingerprint density at radius 1 is 0.545 bits per heavy atom. The molecule has 0 radical (unpaired) electrons. The van der Waals surface area contributed by atoms with Crippen molar-refractivity contribution in [3.63, 3.8) is 0 Å². The van der Waals surface area contributed by atoms with Crippen LogP contribution in [0.1, 0.15) is 0 Å². The third kappa shape index (κ3) is 2.60. The van der Waals surface area contributed by atoms with E-state index in [0.29, 0.717) is 5.56 Å². The van der Waals surface area contributed by atoms with E-state index in [9.17, 15) is 4.39 Å². The van der Waals surface area contributed by atoms with Crippen molar-refractivity contribution in [2.45, 2.75) is 0 Å². The SMILES string of the molecule is Fc1ccccc1-c1cccc2c1[nH]c1ccc(-n3c4ccccc4c4ccccc43)cc12. The molecule has 0 aliphatic heterocycles. The number of aromatic amines is 1. The number of fused-ring (bicyclic) bond motifs is 6. The Bertz CT molecular complexity index is 1780. The van der Waals surface area contributed by atoms with Gasteiger partial charge in [-0.3, -0.25) is 0 Å². The second kappa shape index (κ2) is 6.81. The quantitative estimate of drug-likeness (QED) is 0.287. The average Bonchev–Trinajstić information content (AvgIpc) is 3.40. The predicted molar refractivity (Wildman–Crippen MR) is 136 cm³/mol. The van der Waals surface area contributed by atoms with Crippen molar-refractivity contribution in [1.82, 2.24) is 9.55 Å². The van der Waals surface area contributed by atoms with Crippen molar-refractivity contribution >= 4 is 43.6 Å². The van der Waals surface area contributed by atoms with Crippen LogP contribution in [0.5, 0.6) is 0 Å². The van der Waals surface area contributed by atoms with Gasteiger partial charge < -0.3 is 9.55 Å². The summed E-state index contributed by atoms with van der Waals surface area (Å²) in [5, 5.41) is 4.71. The minimum atomic E-state index is -0.213. The van der Waals surface area contributed by atoms with Crippen LogP contribution in [-0.2, 0) is 0 Å². The van der Waals surface area contributed by atoms with Crippen LogP contribution < -0.4 is 0 Å². The topological polar surface area (TPSA) is 20.7 Å². The van der Waals surface area contributed by atoms with E-state index in [0.717, 1.165) is 33.1 Å². The van der Waals surface area contributed by atoms with Crippen molar-refractivity contribution < 1.29 is 4.39 Å². The monoisotopic (exact) mass is 426 g/mol. The summed E-state index contributed by atoms with van der Waals surface area (Å²) in [6.45, 7) is 0. The summed E-state index contributed by atoms with van der Waals surface area (Å²) in [6, 6.07) is 36.6. The molecule has 2 aromatic heterocycles. The maximum atomic E-state index is 14.6. The first-order chi connectivity index (χ1) is 16.3. The van der Waals surface area contributed by atoms with E-state index in [4.69, 9.17) is 0 Å². The lowest BCUT2D eigenvalue weighted by Crippen LogP contribution is -1.93. The summed E-state index contributed by atoms with van der Waals surface area (Å²) in [5.41, 5.74) is 6.96.